The molecule has 0 atom stereocenters. The molecule has 0 bridgehead atoms. The molecule has 150 valence electrons. The second-order valence-corrected chi connectivity index (χ2v) is 12.6. The fraction of sp³-hybridized carbons (Fsp3) is 0.308. The van der Waals surface area contributed by atoms with Crippen LogP contribution in [0.1, 0.15) is 33.4 Å². The van der Waals surface area contributed by atoms with Crippen molar-refractivity contribution in [1.82, 2.24) is 0 Å². The average molecular weight is 402 g/mol. The van der Waals surface area contributed by atoms with Crippen LogP contribution in [0.3, 0.4) is 0 Å². The third kappa shape index (κ3) is 4.25. The minimum atomic E-state index is -3.00. The second kappa shape index (κ2) is 7.95. The molecule has 3 rings (SSSR count). The van der Waals surface area contributed by atoms with Gasteiger partial charge < -0.3 is 4.11 Å². The van der Waals surface area contributed by atoms with Crippen molar-refractivity contribution in [1.29, 1.82) is 0 Å². The van der Waals surface area contributed by atoms with Gasteiger partial charge in [-0.15, -0.1) is 0 Å². The van der Waals surface area contributed by atoms with Gasteiger partial charge in [0.25, 0.3) is 8.41 Å². The van der Waals surface area contributed by atoms with E-state index in [0.717, 1.165) is 10.6 Å². The first-order chi connectivity index (χ1) is 13.5. The van der Waals surface area contributed by atoms with Gasteiger partial charge in [0.1, 0.15) is 0 Å². The normalized spacial score (nSPS) is 11.6. The van der Waals surface area contributed by atoms with Crippen molar-refractivity contribution in [2.24, 2.45) is 0 Å². The number of aryl methyl sites for hydroxylation is 6. The Kier molecular flexibility index (Phi) is 5.91. The zero-order valence-electron chi connectivity index (χ0n) is 19.1. The Balaban J connectivity index is 2.44. The summed E-state index contributed by atoms with van der Waals surface area (Å²) in [4.78, 5) is 0. The zero-order valence-corrected chi connectivity index (χ0v) is 20.1. The van der Waals surface area contributed by atoms with Gasteiger partial charge in [-0.05, 0) is 59.8 Å². The molecule has 3 aromatic carbocycles. The molecule has 0 spiro atoms. The number of halogens is 1. The number of hydrogen-bond acceptors (Lipinski definition) is 0. The molecule has 0 aliphatic carbocycles. The highest BCUT2D eigenvalue weighted by molar-refractivity contribution is 7.01. The maximum atomic E-state index is 15.4. The van der Waals surface area contributed by atoms with Crippen molar-refractivity contribution in [3.05, 3.63) is 81.9 Å². The lowest BCUT2D eigenvalue weighted by molar-refractivity contribution is 0.822. The molecule has 0 radical (unpaired) electrons. The molecule has 3 aromatic rings. The van der Waals surface area contributed by atoms with Crippen LogP contribution >= 0.6 is 0 Å². The largest absolute Gasteiger partial charge is 0.308 e. The fourth-order valence-electron chi connectivity index (χ4n) is 5.04. The number of benzene rings is 3. The van der Waals surface area contributed by atoms with Gasteiger partial charge >= 0.3 is 0 Å². The van der Waals surface area contributed by atoms with Crippen molar-refractivity contribution in [3.8, 4) is 0 Å². The van der Waals surface area contributed by atoms with Crippen LogP contribution in [-0.4, -0.2) is 15.1 Å². The Bertz CT molecular complexity index is 959. The Morgan fingerprint density at radius 1 is 0.655 bits per heavy atom. The van der Waals surface area contributed by atoms with Gasteiger partial charge in [0.05, 0.1) is 0 Å². The van der Waals surface area contributed by atoms with E-state index in [2.05, 4.69) is 77.9 Å². The Hall–Kier alpha value is -2.13. The van der Waals surface area contributed by atoms with Crippen LogP contribution in [0.25, 0.3) is 0 Å². The molecular weight excluding hydrogens is 370 g/mol. The highest BCUT2D eigenvalue weighted by atomic mass is 28.4. The Morgan fingerprint density at radius 2 is 1.03 bits per heavy atom. The highest BCUT2D eigenvalue weighted by Gasteiger charge is 2.35. The van der Waals surface area contributed by atoms with E-state index in [1.807, 2.05) is 12.1 Å². The lowest BCUT2D eigenvalue weighted by Crippen LogP contribution is -2.63. The quantitative estimate of drug-likeness (QED) is 0.447. The summed E-state index contributed by atoms with van der Waals surface area (Å²) in [5.74, 6) is 0. The van der Waals surface area contributed by atoms with Crippen LogP contribution in [-0.2, 0) is 0 Å². The van der Waals surface area contributed by atoms with Crippen LogP contribution in [0.5, 0.6) is 0 Å². The third-order valence-corrected chi connectivity index (χ3v) is 7.70. The SMILES string of the molecule is Cc1cc(C)c(B(c2ccccc2[Si](C)(C)F)c2c(C)cc(C)cc2C)c(C)c1. The summed E-state index contributed by atoms with van der Waals surface area (Å²) in [7, 11) is -3.00. The monoisotopic (exact) mass is 402 g/mol. The van der Waals surface area contributed by atoms with Gasteiger partial charge in [0.2, 0.25) is 6.71 Å². The minimum Gasteiger partial charge on any atom is -0.308 e. The van der Waals surface area contributed by atoms with Crippen molar-refractivity contribution in [2.45, 2.75) is 54.6 Å². The van der Waals surface area contributed by atoms with Gasteiger partial charge in [0, 0.05) is 0 Å². The second-order valence-electron chi connectivity index (χ2n) is 9.12. The molecule has 0 heterocycles. The van der Waals surface area contributed by atoms with Gasteiger partial charge in [-0.2, -0.15) is 0 Å². The standard InChI is InChI=1S/C26H32BFSi/c1-17-13-19(3)25(20(4)14-17)27(26-21(5)15-18(2)16-22(26)6)23-11-9-10-12-24(23)29(7,8)28/h9-16H,1-8H3. The predicted molar refractivity (Wildman–Crippen MR) is 131 cm³/mol. The summed E-state index contributed by atoms with van der Waals surface area (Å²) in [6, 6.07) is 17.2. The van der Waals surface area contributed by atoms with E-state index in [0.29, 0.717) is 0 Å². The molecule has 3 heteroatoms. The number of rotatable bonds is 4. The first-order valence-corrected chi connectivity index (χ1v) is 13.3. The molecule has 0 aliphatic rings. The van der Waals surface area contributed by atoms with E-state index in [1.54, 1.807) is 13.1 Å². The molecule has 0 nitrogen and oxygen atoms in total. The lowest BCUT2D eigenvalue weighted by atomic mass is 9.34. The first kappa shape index (κ1) is 21.6. The topological polar surface area (TPSA) is 0 Å². The summed E-state index contributed by atoms with van der Waals surface area (Å²) in [6.07, 6.45) is 0. The van der Waals surface area contributed by atoms with Gasteiger partial charge in [-0.3, -0.25) is 0 Å². The third-order valence-electron chi connectivity index (χ3n) is 5.97. The van der Waals surface area contributed by atoms with E-state index < -0.39 is 8.41 Å². The maximum Gasteiger partial charge on any atom is 0.271 e. The van der Waals surface area contributed by atoms with Crippen LogP contribution in [0.4, 0.5) is 4.11 Å². The van der Waals surface area contributed by atoms with Crippen molar-refractivity contribution in [3.63, 3.8) is 0 Å². The minimum absolute atomic E-state index is 0.0370. The van der Waals surface area contributed by atoms with Crippen LogP contribution < -0.4 is 21.6 Å². The first-order valence-electron chi connectivity index (χ1n) is 10.4. The molecule has 29 heavy (non-hydrogen) atoms. The summed E-state index contributed by atoms with van der Waals surface area (Å²) >= 11 is 0. The summed E-state index contributed by atoms with van der Waals surface area (Å²) in [5, 5.41) is 0.906. The average Bonchev–Trinajstić information content (AvgIpc) is 2.58. The van der Waals surface area contributed by atoms with E-state index in [4.69, 9.17) is 0 Å². The zero-order chi connectivity index (χ0) is 21.5. The van der Waals surface area contributed by atoms with Crippen molar-refractivity contribution >= 4 is 36.7 Å². The van der Waals surface area contributed by atoms with Crippen LogP contribution in [0, 0.1) is 41.5 Å². The van der Waals surface area contributed by atoms with Crippen molar-refractivity contribution in [2.75, 3.05) is 0 Å². The van der Waals surface area contributed by atoms with E-state index in [9.17, 15) is 0 Å². The molecule has 0 fully saturated rings. The predicted octanol–water partition coefficient (Wildman–Crippen LogP) is 4.43. The molecule has 0 saturated heterocycles. The van der Waals surface area contributed by atoms with Gasteiger partial charge in [0.15, 0.2) is 0 Å². The lowest BCUT2D eigenvalue weighted by Gasteiger charge is -2.28. The molecule has 0 amide bonds. The summed E-state index contributed by atoms with van der Waals surface area (Å²) in [5.41, 5.74) is 11.4. The maximum absolute atomic E-state index is 15.4. The van der Waals surface area contributed by atoms with E-state index >= 15 is 4.11 Å². The Labute approximate surface area is 177 Å². The van der Waals surface area contributed by atoms with E-state index in [1.165, 1.54) is 44.3 Å². The van der Waals surface area contributed by atoms with Crippen LogP contribution in [0.15, 0.2) is 48.5 Å². The molecule has 0 N–H and O–H groups in total. The van der Waals surface area contributed by atoms with E-state index in [-0.39, 0.29) is 6.71 Å². The smallest absolute Gasteiger partial charge is 0.271 e. The number of hydrogen-bond donors (Lipinski definition) is 0. The van der Waals surface area contributed by atoms with Crippen LogP contribution in [0.2, 0.25) is 13.1 Å². The van der Waals surface area contributed by atoms with Gasteiger partial charge in [-0.1, -0.05) is 98.3 Å². The molecule has 0 unspecified atom stereocenters. The summed E-state index contributed by atoms with van der Waals surface area (Å²) in [6.45, 7) is 16.7. The molecule has 0 aliphatic heterocycles. The fourth-order valence-corrected chi connectivity index (χ4v) is 6.45. The highest BCUT2D eigenvalue weighted by Crippen LogP contribution is 2.14. The molecule has 0 aromatic heterocycles. The van der Waals surface area contributed by atoms with Crippen molar-refractivity contribution < 1.29 is 4.11 Å². The Morgan fingerprint density at radius 3 is 1.41 bits per heavy atom. The van der Waals surface area contributed by atoms with Gasteiger partial charge in [-0.25, -0.2) is 0 Å². The molecule has 0 saturated carbocycles. The summed E-state index contributed by atoms with van der Waals surface area (Å²) < 4.78 is 15.4. The molecular formula is C26H32BFSi.